The highest BCUT2D eigenvalue weighted by Crippen LogP contribution is 2.18. The van der Waals surface area contributed by atoms with Gasteiger partial charge in [-0.3, -0.25) is 0 Å². The van der Waals surface area contributed by atoms with Gasteiger partial charge >= 0.3 is 11.9 Å². The van der Waals surface area contributed by atoms with Crippen LogP contribution in [0.3, 0.4) is 0 Å². The third-order valence-electron chi connectivity index (χ3n) is 11.9. The number of aliphatic carboxylic acids is 2. The van der Waals surface area contributed by atoms with E-state index >= 15 is 0 Å². The van der Waals surface area contributed by atoms with E-state index in [-0.39, 0.29) is 0 Å². The highest BCUT2D eigenvalue weighted by molar-refractivity contribution is 5.79. The van der Waals surface area contributed by atoms with Crippen molar-refractivity contribution in [3.8, 4) is 0 Å². The summed E-state index contributed by atoms with van der Waals surface area (Å²) in [5.74, 6) is -1.67. The van der Waals surface area contributed by atoms with Gasteiger partial charge in [-0.2, -0.15) is 0 Å². The van der Waals surface area contributed by atoms with Gasteiger partial charge < -0.3 is 10.2 Å². The zero-order valence-electron chi connectivity index (χ0n) is 38.0. The lowest BCUT2D eigenvalue weighted by Crippen LogP contribution is -1.86. The number of rotatable bonds is 49. The smallest absolute Gasteiger partial charge is 0.327 e. The lowest BCUT2D eigenvalue weighted by Gasteiger charge is -2.05. The van der Waals surface area contributed by atoms with Crippen molar-refractivity contribution in [2.45, 2.75) is 289 Å². The van der Waals surface area contributed by atoms with Crippen molar-refractivity contribution in [2.24, 2.45) is 0 Å². The molecule has 0 aliphatic heterocycles. The molecule has 0 rings (SSSR count). The van der Waals surface area contributed by atoms with E-state index in [0.29, 0.717) is 0 Å². The van der Waals surface area contributed by atoms with Crippen LogP contribution in [0, 0.1) is 0 Å². The number of carbonyl (C=O) groups is 2. The lowest BCUT2D eigenvalue weighted by atomic mass is 10.0. The van der Waals surface area contributed by atoms with Crippen molar-refractivity contribution in [3.05, 3.63) is 36.5 Å². The molecule has 0 aromatic heterocycles. The minimum atomic E-state index is -0.839. The number of carboxylic acids is 2. The minimum Gasteiger partial charge on any atom is -0.478 e. The summed E-state index contributed by atoms with van der Waals surface area (Å²) in [5, 5.41) is 17.2. The first-order valence-electron chi connectivity index (χ1n) is 25.6. The van der Waals surface area contributed by atoms with Crippen molar-refractivity contribution >= 4 is 11.9 Å². The first kappa shape index (κ1) is 55.2. The van der Waals surface area contributed by atoms with Gasteiger partial charge in [0.1, 0.15) is 0 Å². The third kappa shape index (κ3) is 54.2. The van der Waals surface area contributed by atoms with E-state index in [4.69, 9.17) is 10.2 Å². The Kier molecular flexibility index (Phi) is 48.7. The standard InChI is InChI=1S/C53H98O4/c54-52(55)50-48-46-44-42-40-38-36-34-32-30-28-26-24-22-20-18-16-14-12-10-8-6-4-2-1-3-5-7-9-11-13-15-17-19-21-23-25-27-29-31-33-35-37-39-41-43-45-47-49-51-53(56)57/h32,34,48-51H,1-31,33,35-47H2,(H,54,55)(H,56,57). The molecule has 4 nitrogen and oxygen atoms in total. The quantitative estimate of drug-likeness (QED) is 0.0365. The van der Waals surface area contributed by atoms with Crippen LogP contribution in [-0.2, 0) is 9.59 Å². The van der Waals surface area contributed by atoms with Gasteiger partial charge in [0, 0.05) is 12.2 Å². The summed E-state index contributed by atoms with van der Waals surface area (Å²) in [6, 6.07) is 0. The molecule has 0 heterocycles. The van der Waals surface area contributed by atoms with E-state index in [1.165, 1.54) is 275 Å². The van der Waals surface area contributed by atoms with Crippen molar-refractivity contribution in [1.82, 2.24) is 0 Å². The van der Waals surface area contributed by atoms with Gasteiger partial charge in [-0.25, -0.2) is 9.59 Å². The molecule has 57 heavy (non-hydrogen) atoms. The van der Waals surface area contributed by atoms with Crippen LogP contribution in [0.25, 0.3) is 0 Å². The van der Waals surface area contributed by atoms with Crippen LogP contribution in [0.1, 0.15) is 289 Å². The van der Waals surface area contributed by atoms with Crippen molar-refractivity contribution in [3.63, 3.8) is 0 Å². The molecule has 0 aromatic rings. The average Bonchev–Trinajstić information content (AvgIpc) is 3.19. The summed E-state index contributed by atoms with van der Waals surface area (Å²) < 4.78 is 0. The molecule has 0 aromatic carbocycles. The average molecular weight is 799 g/mol. The second-order valence-corrected chi connectivity index (χ2v) is 17.6. The molecule has 0 saturated carbocycles. The van der Waals surface area contributed by atoms with E-state index in [0.717, 1.165) is 25.7 Å². The predicted molar refractivity (Wildman–Crippen MR) is 250 cm³/mol. The molecule has 0 bridgehead atoms. The van der Waals surface area contributed by atoms with E-state index in [1.807, 2.05) is 0 Å². The van der Waals surface area contributed by atoms with Gasteiger partial charge in [0.25, 0.3) is 0 Å². The zero-order chi connectivity index (χ0) is 41.2. The second-order valence-electron chi connectivity index (χ2n) is 17.6. The maximum Gasteiger partial charge on any atom is 0.327 e. The molecule has 0 fully saturated rings. The van der Waals surface area contributed by atoms with Crippen LogP contribution in [0.2, 0.25) is 0 Å². The van der Waals surface area contributed by atoms with Gasteiger partial charge in [0.05, 0.1) is 0 Å². The van der Waals surface area contributed by atoms with Crippen LogP contribution < -0.4 is 0 Å². The highest BCUT2D eigenvalue weighted by Gasteiger charge is 1.98. The Labute approximate surface area is 356 Å². The summed E-state index contributed by atoms with van der Waals surface area (Å²) in [6.45, 7) is 0. The fourth-order valence-electron chi connectivity index (χ4n) is 8.19. The molecule has 2 N–H and O–H groups in total. The second kappa shape index (κ2) is 50.3. The Bertz CT molecular complexity index is 889. The Morgan fingerprint density at radius 3 is 0.474 bits per heavy atom. The molecular formula is C53H98O4. The fourth-order valence-corrected chi connectivity index (χ4v) is 8.19. The first-order valence-corrected chi connectivity index (χ1v) is 25.6. The highest BCUT2D eigenvalue weighted by atomic mass is 16.4. The van der Waals surface area contributed by atoms with Gasteiger partial charge in [-0.05, 0) is 51.4 Å². The third-order valence-corrected chi connectivity index (χ3v) is 11.9. The topological polar surface area (TPSA) is 74.6 Å². The Balaban J connectivity index is 3.11. The van der Waals surface area contributed by atoms with Gasteiger partial charge in [-0.15, -0.1) is 0 Å². The number of unbranched alkanes of at least 4 members (excludes halogenated alkanes) is 43. The maximum atomic E-state index is 10.4. The number of hydrogen-bond acceptors (Lipinski definition) is 2. The van der Waals surface area contributed by atoms with Crippen molar-refractivity contribution in [1.29, 1.82) is 0 Å². The molecule has 0 aliphatic carbocycles. The molecule has 334 valence electrons. The van der Waals surface area contributed by atoms with Crippen LogP contribution in [0.15, 0.2) is 36.5 Å². The maximum absolute atomic E-state index is 10.4. The predicted octanol–water partition coefficient (Wildman–Crippen LogP) is 18.4. The molecule has 0 aliphatic rings. The molecule has 0 unspecified atom stereocenters. The Hall–Kier alpha value is -1.84. The van der Waals surface area contributed by atoms with Crippen LogP contribution in [0.4, 0.5) is 0 Å². The van der Waals surface area contributed by atoms with Gasteiger partial charge in [0.2, 0.25) is 0 Å². The SMILES string of the molecule is O=C(O)C=CCCCCCCC=CCCCCCCCCCCCCCCCCCCCCCCCCCCCCCCCCCCCCCCCC=CC(=O)O. The minimum absolute atomic E-state index is 0.830. The monoisotopic (exact) mass is 799 g/mol. The number of allylic oxidation sites excluding steroid dienone is 4. The van der Waals surface area contributed by atoms with E-state index in [2.05, 4.69) is 12.2 Å². The number of carboxylic acid groups (broad SMARTS) is 2. The van der Waals surface area contributed by atoms with Crippen molar-refractivity contribution in [2.75, 3.05) is 0 Å². The summed E-state index contributed by atoms with van der Waals surface area (Å²) in [5.41, 5.74) is 0. The van der Waals surface area contributed by atoms with Crippen LogP contribution in [-0.4, -0.2) is 22.2 Å². The Morgan fingerprint density at radius 1 is 0.211 bits per heavy atom. The van der Waals surface area contributed by atoms with E-state index in [1.54, 1.807) is 12.2 Å². The normalized spacial score (nSPS) is 11.9. The fraction of sp³-hybridized carbons (Fsp3) is 0.849. The molecular weight excluding hydrogens is 701 g/mol. The van der Waals surface area contributed by atoms with Crippen LogP contribution in [0.5, 0.6) is 0 Å². The number of hydrogen-bond donors (Lipinski definition) is 2. The molecule has 0 radical (unpaired) electrons. The van der Waals surface area contributed by atoms with E-state index in [9.17, 15) is 9.59 Å². The summed E-state index contributed by atoms with van der Waals surface area (Å²) in [7, 11) is 0. The zero-order valence-corrected chi connectivity index (χ0v) is 38.0. The molecule has 0 amide bonds. The first-order chi connectivity index (χ1) is 28.1. The molecule has 0 saturated heterocycles. The summed E-state index contributed by atoms with van der Waals surface area (Å²) in [4.78, 5) is 20.8. The Morgan fingerprint density at radius 2 is 0.333 bits per heavy atom. The summed E-state index contributed by atoms with van der Waals surface area (Å²) in [6.07, 6.45) is 72.5. The molecule has 4 heteroatoms. The van der Waals surface area contributed by atoms with Crippen molar-refractivity contribution < 1.29 is 19.8 Å². The lowest BCUT2D eigenvalue weighted by molar-refractivity contribution is -0.132. The van der Waals surface area contributed by atoms with E-state index < -0.39 is 11.9 Å². The molecule has 0 atom stereocenters. The van der Waals surface area contributed by atoms with Gasteiger partial charge in [-0.1, -0.05) is 262 Å². The summed E-state index contributed by atoms with van der Waals surface area (Å²) >= 11 is 0. The largest absolute Gasteiger partial charge is 0.478 e. The molecule has 0 spiro atoms. The van der Waals surface area contributed by atoms with Gasteiger partial charge in [0.15, 0.2) is 0 Å². The van der Waals surface area contributed by atoms with Crippen LogP contribution >= 0.6 is 0 Å².